The number of phosphoric acid groups is 1. The number of ether oxygens (including phenoxy) is 2. The SMILES string of the molecule is CCCCCCCCCCC/C=C/C/C=C/CCCC(=O)OC[C@H](COP(=O)(O)OC[C@@H](O)CO)OC(=O)CCCCCCCCCCCCCCCCCCCC. The zero-order chi connectivity index (χ0) is 42.6. The molecule has 3 N–H and O–H groups in total. The summed E-state index contributed by atoms with van der Waals surface area (Å²) in [5, 5.41) is 18.4. The van der Waals surface area contributed by atoms with Crippen molar-refractivity contribution in [2.75, 3.05) is 26.4 Å². The van der Waals surface area contributed by atoms with Crippen LogP contribution in [0.2, 0.25) is 0 Å². The minimum Gasteiger partial charge on any atom is -0.462 e. The predicted molar refractivity (Wildman–Crippen MR) is 238 cm³/mol. The van der Waals surface area contributed by atoms with Crippen LogP contribution in [-0.2, 0) is 32.7 Å². The number of phosphoric ester groups is 1. The first kappa shape index (κ1) is 56.5. The van der Waals surface area contributed by atoms with Gasteiger partial charge >= 0.3 is 19.8 Å². The Labute approximate surface area is 355 Å². The van der Waals surface area contributed by atoms with E-state index in [1.807, 2.05) is 0 Å². The monoisotopic (exact) mass is 845 g/mol. The van der Waals surface area contributed by atoms with E-state index in [0.29, 0.717) is 12.8 Å². The number of hydrogen-bond acceptors (Lipinski definition) is 9. The number of hydrogen-bond donors (Lipinski definition) is 3. The van der Waals surface area contributed by atoms with E-state index in [-0.39, 0.29) is 19.4 Å². The van der Waals surface area contributed by atoms with Gasteiger partial charge in [-0.3, -0.25) is 18.6 Å². The van der Waals surface area contributed by atoms with Crippen LogP contribution in [0.15, 0.2) is 24.3 Å². The van der Waals surface area contributed by atoms with Gasteiger partial charge in [-0.2, -0.15) is 0 Å². The third-order valence-corrected chi connectivity index (χ3v) is 11.3. The second kappa shape index (κ2) is 43.5. The second-order valence-electron chi connectivity index (χ2n) is 16.1. The molecule has 0 aliphatic carbocycles. The number of allylic oxidation sites excluding steroid dienone is 4. The lowest BCUT2D eigenvalue weighted by Gasteiger charge is -2.20. The van der Waals surface area contributed by atoms with Crippen molar-refractivity contribution < 1.29 is 47.8 Å². The molecule has 0 aliphatic heterocycles. The summed E-state index contributed by atoms with van der Waals surface area (Å²) in [6.45, 7) is 2.37. The van der Waals surface area contributed by atoms with Gasteiger partial charge in [-0.1, -0.05) is 199 Å². The summed E-state index contributed by atoms with van der Waals surface area (Å²) < 4.78 is 32.7. The van der Waals surface area contributed by atoms with Gasteiger partial charge in [-0.05, 0) is 38.5 Å². The number of carbonyl (C=O) groups is 2. The number of unbranched alkanes of at least 4 members (excludes halogenated alkanes) is 27. The smallest absolute Gasteiger partial charge is 0.462 e. The molecule has 3 atom stereocenters. The van der Waals surface area contributed by atoms with E-state index in [0.717, 1.165) is 38.5 Å². The van der Waals surface area contributed by atoms with E-state index >= 15 is 0 Å². The Balaban J connectivity index is 4.27. The standard InChI is InChI=1S/C47H89O10P/c1-3-5-7-9-11-13-15-17-19-21-23-25-27-29-31-33-35-37-39-47(51)57-45(43-56-58(52,53)55-41-44(49)40-48)42-54-46(50)38-36-34-32-30-28-26-24-22-20-18-16-14-12-10-8-6-4-2/h24,26,30,32,44-45,48-49H,3-23,25,27-29,31,33-43H2,1-2H3,(H,52,53)/b26-24+,32-30+/t44-,45+/m0/s1. The molecule has 1 unspecified atom stereocenters. The normalized spacial score (nSPS) is 13.9. The fourth-order valence-electron chi connectivity index (χ4n) is 6.68. The number of esters is 2. The van der Waals surface area contributed by atoms with Gasteiger partial charge in [-0.15, -0.1) is 0 Å². The van der Waals surface area contributed by atoms with E-state index in [2.05, 4.69) is 38.2 Å². The average Bonchev–Trinajstić information content (AvgIpc) is 3.21. The number of aliphatic hydroxyl groups is 2. The molecule has 0 saturated carbocycles. The van der Waals surface area contributed by atoms with Crippen molar-refractivity contribution in [3.8, 4) is 0 Å². The number of carbonyl (C=O) groups excluding carboxylic acids is 2. The molecule has 0 saturated heterocycles. The number of aliphatic hydroxyl groups excluding tert-OH is 2. The maximum absolute atomic E-state index is 12.6. The summed E-state index contributed by atoms with van der Waals surface area (Å²) in [5.74, 6) is -0.966. The van der Waals surface area contributed by atoms with Gasteiger partial charge in [0.2, 0.25) is 0 Å². The molecule has 0 aliphatic rings. The molecule has 10 nitrogen and oxygen atoms in total. The van der Waals surface area contributed by atoms with E-state index < -0.39 is 51.8 Å². The molecule has 0 aromatic rings. The summed E-state index contributed by atoms with van der Waals surface area (Å²) in [7, 11) is -4.62. The Bertz CT molecular complexity index is 1020. The van der Waals surface area contributed by atoms with Crippen LogP contribution in [0.1, 0.15) is 226 Å². The Hall–Kier alpha value is -1.55. The highest BCUT2D eigenvalue weighted by atomic mass is 31.2. The molecule has 0 aromatic heterocycles. The van der Waals surface area contributed by atoms with Crippen molar-refractivity contribution in [2.24, 2.45) is 0 Å². The third-order valence-electron chi connectivity index (χ3n) is 10.4. The van der Waals surface area contributed by atoms with E-state index in [1.54, 1.807) is 0 Å². The minimum atomic E-state index is -4.62. The summed E-state index contributed by atoms with van der Waals surface area (Å²) >= 11 is 0. The van der Waals surface area contributed by atoms with Crippen LogP contribution in [0.3, 0.4) is 0 Å². The lowest BCUT2D eigenvalue weighted by Crippen LogP contribution is -2.29. The summed E-state index contributed by atoms with van der Waals surface area (Å²) in [6, 6.07) is 0. The summed E-state index contributed by atoms with van der Waals surface area (Å²) in [5.41, 5.74) is 0. The van der Waals surface area contributed by atoms with Crippen molar-refractivity contribution in [2.45, 2.75) is 238 Å². The zero-order valence-electron chi connectivity index (χ0n) is 37.3. The molecule has 0 spiro atoms. The van der Waals surface area contributed by atoms with E-state index in [9.17, 15) is 24.2 Å². The highest BCUT2D eigenvalue weighted by Gasteiger charge is 2.27. The molecule has 0 radical (unpaired) electrons. The molecule has 0 rings (SSSR count). The first-order valence-corrected chi connectivity index (χ1v) is 25.3. The van der Waals surface area contributed by atoms with Crippen LogP contribution >= 0.6 is 7.82 Å². The molecule has 0 fully saturated rings. The van der Waals surface area contributed by atoms with Crippen molar-refractivity contribution in [3.05, 3.63) is 24.3 Å². The highest BCUT2D eigenvalue weighted by molar-refractivity contribution is 7.47. The molecular weight excluding hydrogens is 755 g/mol. The molecule has 0 aromatic carbocycles. The van der Waals surface area contributed by atoms with Crippen LogP contribution in [0, 0.1) is 0 Å². The van der Waals surface area contributed by atoms with E-state index in [1.165, 1.54) is 148 Å². The Morgan fingerprint density at radius 2 is 0.914 bits per heavy atom. The minimum absolute atomic E-state index is 0.180. The zero-order valence-corrected chi connectivity index (χ0v) is 38.2. The Morgan fingerprint density at radius 3 is 1.38 bits per heavy atom. The van der Waals surface area contributed by atoms with Gasteiger partial charge < -0.3 is 24.6 Å². The van der Waals surface area contributed by atoms with Crippen LogP contribution in [0.5, 0.6) is 0 Å². The van der Waals surface area contributed by atoms with Crippen molar-refractivity contribution in [3.63, 3.8) is 0 Å². The maximum Gasteiger partial charge on any atom is 0.472 e. The lowest BCUT2D eigenvalue weighted by molar-refractivity contribution is -0.161. The fraction of sp³-hybridized carbons (Fsp3) is 0.872. The van der Waals surface area contributed by atoms with Crippen molar-refractivity contribution in [1.29, 1.82) is 0 Å². The second-order valence-corrected chi connectivity index (χ2v) is 17.6. The van der Waals surface area contributed by atoms with Crippen LogP contribution in [-0.4, -0.2) is 65.7 Å². The molecule has 11 heteroatoms. The van der Waals surface area contributed by atoms with Gasteiger partial charge in [-0.25, -0.2) is 4.57 Å². The molecule has 58 heavy (non-hydrogen) atoms. The topological polar surface area (TPSA) is 149 Å². The Morgan fingerprint density at radius 1 is 0.517 bits per heavy atom. The van der Waals surface area contributed by atoms with E-state index in [4.69, 9.17) is 23.6 Å². The van der Waals surface area contributed by atoms with Crippen molar-refractivity contribution >= 4 is 19.8 Å². The Kier molecular flexibility index (Phi) is 42.4. The highest BCUT2D eigenvalue weighted by Crippen LogP contribution is 2.43. The lowest BCUT2D eigenvalue weighted by atomic mass is 10.0. The maximum atomic E-state index is 12.6. The van der Waals surface area contributed by atoms with Crippen LogP contribution in [0.4, 0.5) is 0 Å². The molecule has 0 amide bonds. The van der Waals surface area contributed by atoms with Crippen LogP contribution < -0.4 is 0 Å². The molecule has 342 valence electrons. The summed E-state index contributed by atoms with van der Waals surface area (Å²) in [4.78, 5) is 35.0. The third kappa shape index (κ3) is 42.6. The van der Waals surface area contributed by atoms with Gasteiger partial charge in [0.15, 0.2) is 6.10 Å². The first-order chi connectivity index (χ1) is 28.2. The van der Waals surface area contributed by atoms with Gasteiger partial charge in [0.25, 0.3) is 0 Å². The quantitative estimate of drug-likeness (QED) is 0.0234. The largest absolute Gasteiger partial charge is 0.472 e. The summed E-state index contributed by atoms with van der Waals surface area (Å²) in [6.07, 6.45) is 44.4. The first-order valence-electron chi connectivity index (χ1n) is 23.8. The van der Waals surface area contributed by atoms with Crippen molar-refractivity contribution in [1.82, 2.24) is 0 Å². The van der Waals surface area contributed by atoms with Gasteiger partial charge in [0, 0.05) is 12.8 Å². The molecular formula is C47H89O10P. The fourth-order valence-corrected chi connectivity index (χ4v) is 7.47. The average molecular weight is 845 g/mol. The molecule has 0 heterocycles. The number of rotatable bonds is 45. The van der Waals surface area contributed by atoms with Gasteiger partial charge in [0.1, 0.15) is 12.7 Å². The molecule has 0 bridgehead atoms. The van der Waals surface area contributed by atoms with Crippen LogP contribution in [0.25, 0.3) is 0 Å². The predicted octanol–water partition coefficient (Wildman–Crippen LogP) is 13.0. The van der Waals surface area contributed by atoms with Gasteiger partial charge in [0.05, 0.1) is 19.8 Å².